The first-order valence-corrected chi connectivity index (χ1v) is 7.40. The Labute approximate surface area is 117 Å². The summed E-state index contributed by atoms with van der Waals surface area (Å²) in [4.78, 5) is 0. The maximum absolute atomic E-state index is 6.10. The fourth-order valence-electron chi connectivity index (χ4n) is 1.97. The molecule has 1 N–H and O–H groups in total. The molecule has 0 bridgehead atoms. The molecule has 3 heteroatoms. The van der Waals surface area contributed by atoms with Crippen LogP contribution in [0.4, 0.5) is 0 Å². The van der Waals surface area contributed by atoms with Gasteiger partial charge in [-0.2, -0.15) is 0 Å². The number of para-hydroxylation sites is 2. The summed E-state index contributed by atoms with van der Waals surface area (Å²) >= 11 is 0. The Kier molecular flexibility index (Phi) is 8.07. The number of rotatable bonds is 10. The quantitative estimate of drug-likeness (QED) is 0.655. The van der Waals surface area contributed by atoms with Gasteiger partial charge in [0.05, 0.1) is 6.61 Å². The van der Waals surface area contributed by atoms with Crippen molar-refractivity contribution >= 4 is 0 Å². The van der Waals surface area contributed by atoms with Crippen molar-refractivity contribution < 1.29 is 9.47 Å². The summed E-state index contributed by atoms with van der Waals surface area (Å²) in [7, 11) is 0. The fraction of sp³-hybridized carbons (Fsp3) is 0.625. The molecule has 0 aliphatic rings. The van der Waals surface area contributed by atoms with Gasteiger partial charge in [0, 0.05) is 6.54 Å². The van der Waals surface area contributed by atoms with Crippen molar-refractivity contribution in [1.29, 1.82) is 0 Å². The molecule has 1 aromatic carbocycles. The minimum atomic E-state index is 0.207. The molecule has 0 aromatic heterocycles. The van der Waals surface area contributed by atoms with Gasteiger partial charge in [0.15, 0.2) is 11.5 Å². The predicted octanol–water partition coefficient (Wildman–Crippen LogP) is 3.63. The smallest absolute Gasteiger partial charge is 0.161 e. The fourth-order valence-corrected chi connectivity index (χ4v) is 1.97. The first kappa shape index (κ1) is 15.8. The lowest BCUT2D eigenvalue weighted by atomic mass is 10.2. The largest absolute Gasteiger partial charge is 0.490 e. The molecule has 1 rings (SSSR count). The van der Waals surface area contributed by atoms with Gasteiger partial charge in [0.25, 0.3) is 0 Å². The molecule has 0 heterocycles. The molecule has 0 aliphatic heterocycles. The molecule has 0 spiro atoms. The monoisotopic (exact) mass is 265 g/mol. The average Bonchev–Trinajstić information content (AvgIpc) is 2.42. The van der Waals surface area contributed by atoms with Crippen molar-refractivity contribution in [2.45, 2.75) is 46.1 Å². The minimum absolute atomic E-state index is 0.207. The van der Waals surface area contributed by atoms with Crippen molar-refractivity contribution in [2.24, 2.45) is 0 Å². The lowest BCUT2D eigenvalue weighted by Gasteiger charge is -2.21. The number of benzene rings is 1. The van der Waals surface area contributed by atoms with Crippen LogP contribution in [0.5, 0.6) is 11.5 Å². The molecule has 19 heavy (non-hydrogen) atoms. The van der Waals surface area contributed by atoms with Crippen molar-refractivity contribution in [3.05, 3.63) is 24.3 Å². The zero-order valence-corrected chi connectivity index (χ0v) is 12.4. The van der Waals surface area contributed by atoms with Crippen LogP contribution in [-0.4, -0.2) is 25.8 Å². The molecule has 0 saturated carbocycles. The summed E-state index contributed by atoms with van der Waals surface area (Å²) in [5.74, 6) is 1.68. The molecule has 1 unspecified atom stereocenters. The van der Waals surface area contributed by atoms with E-state index in [4.69, 9.17) is 9.47 Å². The molecule has 108 valence electrons. The van der Waals surface area contributed by atoms with E-state index in [1.54, 1.807) is 0 Å². The van der Waals surface area contributed by atoms with Crippen LogP contribution in [0.2, 0.25) is 0 Å². The predicted molar refractivity (Wildman–Crippen MR) is 80.1 cm³/mol. The van der Waals surface area contributed by atoms with Crippen molar-refractivity contribution in [2.75, 3.05) is 19.7 Å². The lowest BCUT2D eigenvalue weighted by Crippen LogP contribution is -2.31. The SMILES string of the molecule is CCCNCC(CCC)Oc1ccccc1OCC. The van der Waals surface area contributed by atoms with E-state index in [9.17, 15) is 0 Å². The van der Waals surface area contributed by atoms with E-state index in [1.165, 1.54) is 0 Å². The van der Waals surface area contributed by atoms with Gasteiger partial charge in [0.2, 0.25) is 0 Å². The Morgan fingerprint density at radius 2 is 1.79 bits per heavy atom. The van der Waals surface area contributed by atoms with E-state index in [0.29, 0.717) is 6.61 Å². The number of hydrogen-bond donors (Lipinski definition) is 1. The highest BCUT2D eigenvalue weighted by Crippen LogP contribution is 2.27. The molecule has 3 nitrogen and oxygen atoms in total. The number of hydrogen-bond acceptors (Lipinski definition) is 3. The Bertz CT molecular complexity index is 341. The second-order valence-electron chi connectivity index (χ2n) is 4.61. The highest BCUT2D eigenvalue weighted by atomic mass is 16.5. The lowest BCUT2D eigenvalue weighted by molar-refractivity contribution is 0.176. The van der Waals surface area contributed by atoms with Crippen LogP contribution < -0.4 is 14.8 Å². The third kappa shape index (κ3) is 5.97. The van der Waals surface area contributed by atoms with Gasteiger partial charge in [0.1, 0.15) is 6.10 Å². The third-order valence-electron chi connectivity index (χ3n) is 2.85. The van der Waals surface area contributed by atoms with E-state index in [0.717, 1.165) is 43.9 Å². The van der Waals surface area contributed by atoms with E-state index in [-0.39, 0.29) is 6.10 Å². The van der Waals surface area contributed by atoms with Gasteiger partial charge in [-0.05, 0) is 38.4 Å². The van der Waals surface area contributed by atoms with Crippen molar-refractivity contribution in [3.63, 3.8) is 0 Å². The van der Waals surface area contributed by atoms with E-state index in [2.05, 4.69) is 19.2 Å². The summed E-state index contributed by atoms with van der Waals surface area (Å²) in [5.41, 5.74) is 0. The first-order chi connectivity index (χ1) is 9.31. The maximum atomic E-state index is 6.10. The van der Waals surface area contributed by atoms with Gasteiger partial charge in [-0.3, -0.25) is 0 Å². The van der Waals surface area contributed by atoms with Gasteiger partial charge >= 0.3 is 0 Å². The van der Waals surface area contributed by atoms with E-state index < -0.39 is 0 Å². The van der Waals surface area contributed by atoms with Gasteiger partial charge in [-0.25, -0.2) is 0 Å². The van der Waals surface area contributed by atoms with E-state index >= 15 is 0 Å². The Morgan fingerprint density at radius 3 is 2.42 bits per heavy atom. The second-order valence-corrected chi connectivity index (χ2v) is 4.61. The van der Waals surface area contributed by atoms with Crippen LogP contribution >= 0.6 is 0 Å². The highest BCUT2D eigenvalue weighted by Gasteiger charge is 2.12. The molecule has 1 aromatic rings. The summed E-state index contributed by atoms with van der Waals surface area (Å²) in [6.45, 7) is 8.94. The summed E-state index contributed by atoms with van der Waals surface area (Å²) in [6.07, 6.45) is 3.53. The van der Waals surface area contributed by atoms with Crippen LogP contribution in [0, 0.1) is 0 Å². The van der Waals surface area contributed by atoms with Crippen molar-refractivity contribution in [1.82, 2.24) is 5.32 Å². The van der Waals surface area contributed by atoms with Gasteiger partial charge < -0.3 is 14.8 Å². The molecular formula is C16H27NO2. The standard InChI is InChI=1S/C16H27NO2/c1-4-9-14(13-17-12-5-2)19-16-11-8-7-10-15(16)18-6-3/h7-8,10-11,14,17H,4-6,9,12-13H2,1-3H3. The van der Waals surface area contributed by atoms with Gasteiger partial charge in [-0.15, -0.1) is 0 Å². The Morgan fingerprint density at radius 1 is 1.05 bits per heavy atom. The molecule has 0 amide bonds. The summed E-state index contributed by atoms with van der Waals surface area (Å²) in [5, 5.41) is 3.43. The molecule has 0 aliphatic carbocycles. The van der Waals surface area contributed by atoms with Gasteiger partial charge in [-0.1, -0.05) is 32.4 Å². The minimum Gasteiger partial charge on any atom is -0.490 e. The topological polar surface area (TPSA) is 30.5 Å². The molecule has 1 atom stereocenters. The van der Waals surface area contributed by atoms with Crippen LogP contribution in [-0.2, 0) is 0 Å². The van der Waals surface area contributed by atoms with Crippen LogP contribution in [0.3, 0.4) is 0 Å². The molecule has 0 saturated heterocycles. The Hall–Kier alpha value is -1.22. The number of ether oxygens (including phenoxy) is 2. The highest BCUT2D eigenvalue weighted by molar-refractivity contribution is 5.39. The van der Waals surface area contributed by atoms with Crippen LogP contribution in [0.1, 0.15) is 40.0 Å². The average molecular weight is 265 g/mol. The molecule has 0 radical (unpaired) electrons. The van der Waals surface area contributed by atoms with E-state index in [1.807, 2.05) is 31.2 Å². The summed E-state index contributed by atoms with van der Waals surface area (Å²) in [6, 6.07) is 7.90. The molecular weight excluding hydrogens is 238 g/mol. The Balaban J connectivity index is 2.61. The zero-order valence-electron chi connectivity index (χ0n) is 12.4. The normalized spacial score (nSPS) is 12.2. The van der Waals surface area contributed by atoms with Crippen LogP contribution in [0.15, 0.2) is 24.3 Å². The van der Waals surface area contributed by atoms with Crippen LogP contribution in [0.25, 0.3) is 0 Å². The third-order valence-corrected chi connectivity index (χ3v) is 2.85. The molecule has 0 fully saturated rings. The van der Waals surface area contributed by atoms with Crippen molar-refractivity contribution in [3.8, 4) is 11.5 Å². The zero-order chi connectivity index (χ0) is 13.9. The maximum Gasteiger partial charge on any atom is 0.161 e. The number of nitrogens with one attached hydrogen (secondary N) is 1. The second kappa shape index (κ2) is 9.68. The first-order valence-electron chi connectivity index (χ1n) is 7.40. The summed E-state index contributed by atoms with van der Waals surface area (Å²) < 4.78 is 11.7.